The molecular formula is C19H21FN4O3. The molecule has 0 radical (unpaired) electrons. The molecule has 142 valence electrons. The fraction of sp³-hybridized carbons (Fsp3) is 0.316. The molecule has 8 heteroatoms. The number of pyridine rings is 1. The van der Waals surface area contributed by atoms with Gasteiger partial charge in [0.05, 0.1) is 30.0 Å². The number of rotatable bonds is 6. The Morgan fingerprint density at radius 1 is 1.11 bits per heavy atom. The van der Waals surface area contributed by atoms with Gasteiger partial charge >= 0.3 is 0 Å². The molecule has 1 aromatic carbocycles. The molecule has 0 unspecified atom stereocenters. The van der Waals surface area contributed by atoms with E-state index in [1.807, 2.05) is 0 Å². The van der Waals surface area contributed by atoms with Crippen molar-refractivity contribution < 1.29 is 18.7 Å². The second-order valence-electron chi connectivity index (χ2n) is 6.11. The summed E-state index contributed by atoms with van der Waals surface area (Å²) in [5.41, 5.74) is 0.528. The molecule has 1 aliphatic rings. The summed E-state index contributed by atoms with van der Waals surface area (Å²) in [5, 5.41) is 5.29. The highest BCUT2D eigenvalue weighted by molar-refractivity contribution is 6.05. The summed E-state index contributed by atoms with van der Waals surface area (Å²) in [4.78, 5) is 30.7. The Labute approximate surface area is 156 Å². The van der Waals surface area contributed by atoms with Gasteiger partial charge in [0.15, 0.2) is 0 Å². The van der Waals surface area contributed by atoms with E-state index >= 15 is 0 Å². The van der Waals surface area contributed by atoms with E-state index in [0.717, 1.165) is 19.6 Å². The van der Waals surface area contributed by atoms with Crippen molar-refractivity contribution in [1.29, 1.82) is 0 Å². The molecular weight excluding hydrogens is 351 g/mol. The average Bonchev–Trinajstić information content (AvgIpc) is 2.70. The van der Waals surface area contributed by atoms with Gasteiger partial charge in [0.25, 0.3) is 11.8 Å². The minimum Gasteiger partial charge on any atom is -0.379 e. The number of para-hydroxylation sites is 1. The maximum atomic E-state index is 13.7. The molecule has 27 heavy (non-hydrogen) atoms. The van der Waals surface area contributed by atoms with Gasteiger partial charge in [-0.1, -0.05) is 12.1 Å². The Morgan fingerprint density at radius 2 is 1.81 bits per heavy atom. The summed E-state index contributed by atoms with van der Waals surface area (Å²) in [6, 6.07) is 7.31. The van der Waals surface area contributed by atoms with Crippen LogP contribution in [0.15, 0.2) is 42.7 Å². The molecule has 2 heterocycles. The number of amides is 2. The Morgan fingerprint density at radius 3 is 2.56 bits per heavy atom. The first kappa shape index (κ1) is 18.9. The predicted molar refractivity (Wildman–Crippen MR) is 98.2 cm³/mol. The molecule has 2 aromatic rings. The summed E-state index contributed by atoms with van der Waals surface area (Å²) in [7, 11) is 0. The van der Waals surface area contributed by atoms with E-state index in [-0.39, 0.29) is 22.7 Å². The summed E-state index contributed by atoms with van der Waals surface area (Å²) in [5.74, 6) is -1.37. The van der Waals surface area contributed by atoms with Gasteiger partial charge < -0.3 is 15.4 Å². The van der Waals surface area contributed by atoms with Crippen molar-refractivity contribution in [1.82, 2.24) is 15.2 Å². The predicted octanol–water partition coefficient (Wildman–Crippen LogP) is 1.53. The highest BCUT2D eigenvalue weighted by atomic mass is 19.1. The first-order valence-electron chi connectivity index (χ1n) is 8.73. The number of carbonyl (C=O) groups is 2. The molecule has 0 spiro atoms. The highest BCUT2D eigenvalue weighted by Crippen LogP contribution is 2.14. The van der Waals surface area contributed by atoms with Gasteiger partial charge in [-0.3, -0.25) is 19.5 Å². The van der Waals surface area contributed by atoms with Gasteiger partial charge in [-0.15, -0.1) is 0 Å². The number of nitrogens with zero attached hydrogens (tertiary/aromatic N) is 2. The number of anilines is 1. The van der Waals surface area contributed by atoms with Gasteiger partial charge in [-0.2, -0.15) is 0 Å². The zero-order valence-electron chi connectivity index (χ0n) is 14.8. The number of carbonyl (C=O) groups excluding carboxylic acids is 2. The molecule has 0 aliphatic carbocycles. The van der Waals surface area contributed by atoms with Crippen molar-refractivity contribution in [3.05, 3.63) is 59.7 Å². The van der Waals surface area contributed by atoms with Crippen LogP contribution in [0.5, 0.6) is 0 Å². The molecule has 1 saturated heterocycles. The molecule has 0 atom stereocenters. The monoisotopic (exact) mass is 372 g/mol. The summed E-state index contributed by atoms with van der Waals surface area (Å²) < 4.78 is 18.9. The van der Waals surface area contributed by atoms with E-state index < -0.39 is 11.7 Å². The van der Waals surface area contributed by atoms with E-state index in [2.05, 4.69) is 20.5 Å². The summed E-state index contributed by atoms with van der Waals surface area (Å²) in [6.45, 7) is 4.33. The first-order valence-corrected chi connectivity index (χ1v) is 8.73. The molecule has 1 fully saturated rings. The number of morpholine rings is 1. The second kappa shape index (κ2) is 9.20. The molecule has 2 amide bonds. The topological polar surface area (TPSA) is 83.6 Å². The third kappa shape index (κ3) is 5.32. The van der Waals surface area contributed by atoms with Crippen molar-refractivity contribution in [2.75, 3.05) is 44.7 Å². The number of ether oxygens (including phenoxy) is 1. The normalized spacial score (nSPS) is 14.6. The van der Waals surface area contributed by atoms with Crippen molar-refractivity contribution in [3.8, 4) is 0 Å². The zero-order chi connectivity index (χ0) is 19.1. The smallest absolute Gasteiger partial charge is 0.257 e. The summed E-state index contributed by atoms with van der Waals surface area (Å²) in [6.07, 6.45) is 2.73. The number of nitrogens with one attached hydrogen (secondary N) is 2. The maximum absolute atomic E-state index is 13.7. The van der Waals surface area contributed by atoms with Crippen LogP contribution in [0.3, 0.4) is 0 Å². The standard InChI is InChI=1S/C19H21FN4O3/c20-16-3-1-2-4-17(16)23-19(26)15-11-14(12-21-13-15)18(25)22-5-6-24-7-9-27-10-8-24/h1-4,11-13H,5-10H2,(H,22,25)(H,23,26). The average molecular weight is 372 g/mol. The largest absolute Gasteiger partial charge is 0.379 e. The first-order chi connectivity index (χ1) is 13.1. The quantitative estimate of drug-likeness (QED) is 0.804. The third-order valence-electron chi connectivity index (χ3n) is 4.20. The van der Waals surface area contributed by atoms with Gasteiger partial charge in [0, 0.05) is 38.6 Å². The van der Waals surface area contributed by atoms with E-state index in [1.54, 1.807) is 6.07 Å². The van der Waals surface area contributed by atoms with Crippen LogP contribution in [0.25, 0.3) is 0 Å². The molecule has 1 aromatic heterocycles. The number of benzene rings is 1. The molecule has 0 bridgehead atoms. The number of aromatic nitrogens is 1. The second-order valence-corrected chi connectivity index (χ2v) is 6.11. The number of hydrogen-bond acceptors (Lipinski definition) is 5. The fourth-order valence-corrected chi connectivity index (χ4v) is 2.70. The van der Waals surface area contributed by atoms with Gasteiger partial charge in [-0.05, 0) is 18.2 Å². The van der Waals surface area contributed by atoms with Crippen LogP contribution in [0.4, 0.5) is 10.1 Å². The fourth-order valence-electron chi connectivity index (χ4n) is 2.70. The lowest BCUT2D eigenvalue weighted by atomic mass is 10.1. The van der Waals surface area contributed by atoms with E-state index in [4.69, 9.17) is 4.74 Å². The van der Waals surface area contributed by atoms with Crippen LogP contribution in [0.2, 0.25) is 0 Å². The van der Waals surface area contributed by atoms with Crippen LogP contribution in [0.1, 0.15) is 20.7 Å². The Kier molecular flexibility index (Phi) is 6.45. The molecule has 1 aliphatic heterocycles. The highest BCUT2D eigenvalue weighted by Gasteiger charge is 2.14. The van der Waals surface area contributed by atoms with Crippen LogP contribution in [-0.2, 0) is 4.74 Å². The zero-order valence-corrected chi connectivity index (χ0v) is 14.8. The van der Waals surface area contributed by atoms with Crippen LogP contribution >= 0.6 is 0 Å². The van der Waals surface area contributed by atoms with E-state index in [0.29, 0.717) is 19.8 Å². The van der Waals surface area contributed by atoms with Crippen LogP contribution < -0.4 is 10.6 Å². The van der Waals surface area contributed by atoms with Crippen molar-refractivity contribution >= 4 is 17.5 Å². The lowest BCUT2D eigenvalue weighted by Gasteiger charge is -2.26. The van der Waals surface area contributed by atoms with Crippen LogP contribution in [-0.4, -0.2) is 61.1 Å². The van der Waals surface area contributed by atoms with Crippen molar-refractivity contribution in [2.24, 2.45) is 0 Å². The Balaban J connectivity index is 1.56. The lowest BCUT2D eigenvalue weighted by molar-refractivity contribution is 0.0383. The minimum absolute atomic E-state index is 0.0721. The molecule has 0 saturated carbocycles. The molecule has 3 rings (SSSR count). The molecule has 7 nitrogen and oxygen atoms in total. The minimum atomic E-state index is -0.532. The maximum Gasteiger partial charge on any atom is 0.257 e. The molecule has 2 N–H and O–H groups in total. The number of halogens is 1. The van der Waals surface area contributed by atoms with Crippen LogP contribution in [0, 0.1) is 5.82 Å². The van der Waals surface area contributed by atoms with Gasteiger partial charge in [0.2, 0.25) is 0 Å². The number of hydrogen-bond donors (Lipinski definition) is 2. The van der Waals surface area contributed by atoms with E-state index in [1.165, 1.54) is 36.7 Å². The summed E-state index contributed by atoms with van der Waals surface area (Å²) >= 11 is 0. The SMILES string of the molecule is O=C(NCCN1CCOCC1)c1cncc(C(=O)Nc2ccccc2F)c1. The van der Waals surface area contributed by atoms with E-state index in [9.17, 15) is 14.0 Å². The van der Waals surface area contributed by atoms with Gasteiger partial charge in [-0.25, -0.2) is 4.39 Å². The van der Waals surface area contributed by atoms with Crippen molar-refractivity contribution in [2.45, 2.75) is 0 Å². The lowest BCUT2D eigenvalue weighted by Crippen LogP contribution is -2.41. The van der Waals surface area contributed by atoms with Crippen molar-refractivity contribution in [3.63, 3.8) is 0 Å². The third-order valence-corrected chi connectivity index (χ3v) is 4.20. The Bertz CT molecular complexity index is 809. The van der Waals surface area contributed by atoms with Gasteiger partial charge in [0.1, 0.15) is 5.82 Å². The Hall–Kier alpha value is -2.84.